The summed E-state index contributed by atoms with van der Waals surface area (Å²) < 4.78 is 21.4. The molecule has 2 rings (SSSR count). The maximum atomic E-state index is 10.4. The van der Waals surface area contributed by atoms with Crippen LogP contribution < -0.4 is 18.9 Å². The van der Waals surface area contributed by atoms with Crippen LogP contribution in [-0.4, -0.2) is 25.9 Å². The second-order valence-corrected chi connectivity index (χ2v) is 4.95. The highest BCUT2D eigenvalue weighted by Gasteiger charge is 2.15. The van der Waals surface area contributed by atoms with E-state index in [0.717, 1.165) is 11.3 Å². The van der Waals surface area contributed by atoms with E-state index in [9.17, 15) is 10.1 Å². The Hall–Kier alpha value is -2.96. The molecule has 2 aromatic rings. The lowest BCUT2D eigenvalue weighted by Gasteiger charge is -2.18. The van der Waals surface area contributed by atoms with Crippen molar-refractivity contribution >= 4 is 0 Å². The van der Waals surface area contributed by atoms with Crippen molar-refractivity contribution in [2.75, 3.05) is 21.0 Å². The maximum absolute atomic E-state index is 10.4. The van der Waals surface area contributed by atoms with Crippen molar-refractivity contribution in [2.45, 2.75) is 13.0 Å². The highest BCUT2D eigenvalue weighted by Crippen LogP contribution is 2.32. The van der Waals surface area contributed by atoms with Gasteiger partial charge in [-0.05, 0) is 43.3 Å². The van der Waals surface area contributed by atoms with Crippen LogP contribution in [0, 0.1) is 10.1 Å². The van der Waals surface area contributed by atoms with Crippen molar-refractivity contribution in [1.82, 2.24) is 0 Å². The van der Waals surface area contributed by atoms with Crippen molar-refractivity contribution < 1.29 is 23.9 Å². The molecule has 0 spiro atoms. The number of benzene rings is 2. The SMILES string of the molecule is COc1ccc(OC(C)c2ccc(OC[N+](=O)[O-])cc2OC)cc1. The average Bonchev–Trinajstić information content (AvgIpc) is 2.60. The first-order valence-electron chi connectivity index (χ1n) is 7.26. The Morgan fingerprint density at radius 3 is 2.21 bits per heavy atom. The third-order valence-corrected chi connectivity index (χ3v) is 3.35. The molecule has 1 unspecified atom stereocenters. The molecule has 0 saturated heterocycles. The van der Waals surface area contributed by atoms with Crippen LogP contribution in [0.1, 0.15) is 18.6 Å². The molecule has 0 bridgehead atoms. The van der Waals surface area contributed by atoms with Gasteiger partial charge in [0, 0.05) is 11.6 Å². The molecule has 7 nitrogen and oxygen atoms in total. The zero-order chi connectivity index (χ0) is 17.5. The van der Waals surface area contributed by atoms with Gasteiger partial charge in [-0.15, -0.1) is 0 Å². The van der Waals surface area contributed by atoms with Gasteiger partial charge in [0.15, 0.2) is 0 Å². The second kappa shape index (κ2) is 8.05. The van der Waals surface area contributed by atoms with Crippen molar-refractivity contribution in [3.05, 3.63) is 58.1 Å². The molecule has 24 heavy (non-hydrogen) atoms. The van der Waals surface area contributed by atoms with Gasteiger partial charge in [-0.25, -0.2) is 0 Å². The number of rotatable bonds is 8. The van der Waals surface area contributed by atoms with Gasteiger partial charge >= 0.3 is 6.73 Å². The van der Waals surface area contributed by atoms with Crippen LogP contribution in [0.3, 0.4) is 0 Å². The van der Waals surface area contributed by atoms with Crippen LogP contribution in [0.5, 0.6) is 23.0 Å². The van der Waals surface area contributed by atoms with Crippen LogP contribution in [0.25, 0.3) is 0 Å². The fraction of sp³-hybridized carbons (Fsp3) is 0.294. The predicted octanol–water partition coefficient (Wildman–Crippen LogP) is 3.46. The van der Waals surface area contributed by atoms with Gasteiger partial charge in [0.2, 0.25) is 0 Å². The number of nitro groups is 1. The van der Waals surface area contributed by atoms with Crippen LogP contribution in [0.2, 0.25) is 0 Å². The minimum absolute atomic E-state index is 0.280. The monoisotopic (exact) mass is 333 g/mol. The Morgan fingerprint density at radius 2 is 1.62 bits per heavy atom. The van der Waals surface area contributed by atoms with Crippen molar-refractivity contribution in [3.63, 3.8) is 0 Å². The number of methoxy groups -OCH3 is 2. The molecule has 128 valence electrons. The fourth-order valence-electron chi connectivity index (χ4n) is 2.17. The Balaban J connectivity index is 2.12. The third-order valence-electron chi connectivity index (χ3n) is 3.35. The van der Waals surface area contributed by atoms with E-state index in [-0.39, 0.29) is 6.10 Å². The van der Waals surface area contributed by atoms with E-state index in [2.05, 4.69) is 0 Å². The zero-order valence-electron chi connectivity index (χ0n) is 13.7. The Labute approximate surface area is 139 Å². The summed E-state index contributed by atoms with van der Waals surface area (Å²) in [4.78, 5) is 9.83. The lowest BCUT2D eigenvalue weighted by Crippen LogP contribution is -2.09. The number of ether oxygens (including phenoxy) is 4. The number of hydrogen-bond donors (Lipinski definition) is 0. The molecule has 0 aliphatic carbocycles. The van der Waals surface area contributed by atoms with E-state index in [4.69, 9.17) is 18.9 Å². The van der Waals surface area contributed by atoms with Crippen molar-refractivity contribution in [3.8, 4) is 23.0 Å². The highest BCUT2D eigenvalue weighted by atomic mass is 16.7. The van der Waals surface area contributed by atoms with E-state index in [1.807, 2.05) is 31.2 Å². The lowest BCUT2D eigenvalue weighted by atomic mass is 10.1. The topological polar surface area (TPSA) is 80.1 Å². The van der Waals surface area contributed by atoms with Gasteiger partial charge in [0.1, 0.15) is 29.1 Å². The molecule has 0 radical (unpaired) electrons. The molecular formula is C17H19NO6. The Bertz CT molecular complexity index is 686. The largest absolute Gasteiger partial charge is 0.497 e. The first kappa shape index (κ1) is 17.4. The van der Waals surface area contributed by atoms with E-state index in [1.54, 1.807) is 25.3 Å². The Kier molecular flexibility index (Phi) is 5.83. The summed E-state index contributed by atoms with van der Waals surface area (Å²) >= 11 is 0. The van der Waals surface area contributed by atoms with E-state index in [0.29, 0.717) is 17.2 Å². The number of hydrogen-bond acceptors (Lipinski definition) is 6. The maximum Gasteiger partial charge on any atom is 0.344 e. The van der Waals surface area contributed by atoms with Crippen molar-refractivity contribution in [1.29, 1.82) is 0 Å². The second-order valence-electron chi connectivity index (χ2n) is 4.95. The van der Waals surface area contributed by atoms with Gasteiger partial charge < -0.3 is 18.9 Å². The Morgan fingerprint density at radius 1 is 1.00 bits per heavy atom. The van der Waals surface area contributed by atoms with Gasteiger partial charge in [-0.1, -0.05) is 0 Å². The quantitative estimate of drug-likeness (QED) is 0.418. The van der Waals surface area contributed by atoms with Gasteiger partial charge in [0.25, 0.3) is 0 Å². The van der Waals surface area contributed by atoms with Gasteiger partial charge in [0.05, 0.1) is 19.1 Å². The lowest BCUT2D eigenvalue weighted by molar-refractivity contribution is -0.514. The summed E-state index contributed by atoms with van der Waals surface area (Å²) in [6, 6.07) is 12.3. The molecule has 0 fully saturated rings. The molecule has 0 saturated carbocycles. The first-order valence-corrected chi connectivity index (χ1v) is 7.26. The van der Waals surface area contributed by atoms with Crippen molar-refractivity contribution in [2.24, 2.45) is 0 Å². The molecule has 0 amide bonds. The predicted molar refractivity (Wildman–Crippen MR) is 87.5 cm³/mol. The van der Waals surface area contributed by atoms with Crippen LogP contribution >= 0.6 is 0 Å². The minimum Gasteiger partial charge on any atom is -0.497 e. The van der Waals surface area contributed by atoms with Crippen LogP contribution in [0.15, 0.2) is 42.5 Å². The fourth-order valence-corrected chi connectivity index (χ4v) is 2.17. The molecule has 0 N–H and O–H groups in total. The summed E-state index contributed by atoms with van der Waals surface area (Å²) in [5.74, 6) is 2.35. The molecule has 2 aromatic carbocycles. The first-order chi connectivity index (χ1) is 11.5. The molecule has 0 aliphatic heterocycles. The summed E-state index contributed by atoms with van der Waals surface area (Å²) in [5, 5.41) is 10.4. The van der Waals surface area contributed by atoms with E-state index < -0.39 is 11.7 Å². The standard InChI is InChI=1S/C17H19NO6/c1-12(24-14-6-4-13(21-2)5-7-14)16-9-8-15(10-17(16)22-3)23-11-18(19)20/h4-10,12H,11H2,1-3H3. The normalized spacial score (nSPS) is 11.5. The van der Waals surface area contributed by atoms with Gasteiger partial charge in [-0.2, -0.15) is 0 Å². The van der Waals surface area contributed by atoms with E-state index >= 15 is 0 Å². The molecule has 1 atom stereocenters. The average molecular weight is 333 g/mol. The third kappa shape index (κ3) is 4.52. The molecule has 0 aliphatic rings. The smallest absolute Gasteiger partial charge is 0.344 e. The molecule has 7 heteroatoms. The molecule has 0 heterocycles. The highest BCUT2D eigenvalue weighted by molar-refractivity contribution is 5.42. The summed E-state index contributed by atoms with van der Waals surface area (Å²) in [5.41, 5.74) is 0.807. The zero-order valence-corrected chi connectivity index (χ0v) is 13.7. The van der Waals surface area contributed by atoms with Crippen LogP contribution in [-0.2, 0) is 0 Å². The van der Waals surface area contributed by atoms with Gasteiger partial charge in [-0.3, -0.25) is 10.1 Å². The molecule has 0 aromatic heterocycles. The molecular weight excluding hydrogens is 314 g/mol. The summed E-state index contributed by atoms with van der Waals surface area (Å²) in [6.45, 7) is 1.29. The summed E-state index contributed by atoms with van der Waals surface area (Å²) in [6.07, 6.45) is -0.280. The minimum atomic E-state index is -0.597. The van der Waals surface area contributed by atoms with E-state index in [1.165, 1.54) is 7.11 Å². The number of nitrogens with zero attached hydrogens (tertiary/aromatic N) is 1. The summed E-state index contributed by atoms with van der Waals surface area (Å²) in [7, 11) is 3.13. The van der Waals surface area contributed by atoms with Crippen LogP contribution in [0.4, 0.5) is 0 Å².